The maximum Gasteiger partial charge on any atom is 0.195 e. The van der Waals surface area contributed by atoms with E-state index in [2.05, 4.69) is 5.32 Å². The van der Waals surface area contributed by atoms with Crippen molar-refractivity contribution in [2.75, 3.05) is 26.2 Å². The third kappa shape index (κ3) is 7.02. The molecule has 9 N–H and O–H groups in total. The van der Waals surface area contributed by atoms with Crippen LogP contribution in [0.15, 0.2) is 0 Å². The summed E-state index contributed by atoms with van der Waals surface area (Å²) in [5.41, 5.74) is 15.9. The van der Waals surface area contributed by atoms with E-state index in [1.165, 1.54) is 4.90 Å². The second kappa shape index (κ2) is 8.93. The molecule has 0 radical (unpaired) electrons. The minimum Gasteiger partial charge on any atom is -0.370 e. The average Bonchev–Trinajstić information content (AvgIpc) is 2.21. The summed E-state index contributed by atoms with van der Waals surface area (Å²) >= 11 is 0. The third-order valence-corrected chi connectivity index (χ3v) is 2.12. The van der Waals surface area contributed by atoms with Crippen LogP contribution >= 0.6 is 0 Å². The normalized spacial score (nSPS) is 10.1. The molecule has 0 amide bonds. The van der Waals surface area contributed by atoms with Gasteiger partial charge in [-0.05, 0) is 38.9 Å². The number of rotatable bonds is 8. The highest BCUT2D eigenvalue weighted by Crippen LogP contribution is 1.89. The average molecular weight is 229 g/mol. The van der Waals surface area contributed by atoms with E-state index in [0.717, 1.165) is 38.9 Å². The molecule has 0 saturated heterocycles. The SMILES string of the molecule is N=C(N)N(CCCNCCCCN)C(=N)N. The number of hydrogen-bond donors (Lipinski definition) is 6. The van der Waals surface area contributed by atoms with Gasteiger partial charge in [-0.3, -0.25) is 15.7 Å². The first-order valence-corrected chi connectivity index (χ1v) is 5.46. The van der Waals surface area contributed by atoms with Crippen LogP contribution in [-0.2, 0) is 0 Å². The lowest BCUT2D eigenvalue weighted by atomic mass is 10.3. The van der Waals surface area contributed by atoms with E-state index in [9.17, 15) is 0 Å². The summed E-state index contributed by atoms with van der Waals surface area (Å²) in [6.07, 6.45) is 2.89. The summed E-state index contributed by atoms with van der Waals surface area (Å²) in [7, 11) is 0. The molecule has 0 atom stereocenters. The number of nitrogens with one attached hydrogen (secondary N) is 3. The monoisotopic (exact) mass is 229 g/mol. The predicted molar refractivity (Wildman–Crippen MR) is 66.3 cm³/mol. The second-order valence-corrected chi connectivity index (χ2v) is 3.52. The first-order valence-electron chi connectivity index (χ1n) is 5.46. The smallest absolute Gasteiger partial charge is 0.195 e. The molecule has 0 heterocycles. The Labute approximate surface area is 96.4 Å². The number of unbranched alkanes of at least 4 members (excludes halogenated alkanes) is 1. The largest absolute Gasteiger partial charge is 0.370 e. The van der Waals surface area contributed by atoms with Gasteiger partial charge in [0.15, 0.2) is 11.9 Å². The molecule has 0 bridgehead atoms. The van der Waals surface area contributed by atoms with Gasteiger partial charge in [0.1, 0.15) is 0 Å². The molecule has 0 aliphatic rings. The Hall–Kier alpha value is -1.34. The Kier molecular flexibility index (Phi) is 8.18. The molecule has 0 rings (SSSR count). The molecule has 0 fully saturated rings. The van der Waals surface area contributed by atoms with Crippen molar-refractivity contribution < 1.29 is 0 Å². The fourth-order valence-corrected chi connectivity index (χ4v) is 1.25. The van der Waals surface area contributed by atoms with Crippen molar-refractivity contribution in [2.45, 2.75) is 19.3 Å². The molecule has 0 spiro atoms. The summed E-state index contributed by atoms with van der Waals surface area (Å²) in [6, 6.07) is 0. The van der Waals surface area contributed by atoms with Crippen LogP contribution in [0.25, 0.3) is 0 Å². The van der Waals surface area contributed by atoms with Crippen molar-refractivity contribution in [3.05, 3.63) is 0 Å². The van der Waals surface area contributed by atoms with E-state index in [1.807, 2.05) is 0 Å². The standard InChI is InChI=1S/C9H23N7/c10-4-1-2-5-15-6-3-7-16(8(11)12)9(13)14/h15H,1-7,10H2,(H3,11,12)(H3,13,14). The molecule has 7 nitrogen and oxygen atoms in total. The first kappa shape index (κ1) is 14.7. The van der Waals surface area contributed by atoms with Gasteiger partial charge in [-0.25, -0.2) is 0 Å². The summed E-state index contributed by atoms with van der Waals surface area (Å²) in [6.45, 7) is 2.98. The van der Waals surface area contributed by atoms with E-state index in [4.69, 9.17) is 28.0 Å². The fourth-order valence-electron chi connectivity index (χ4n) is 1.25. The summed E-state index contributed by atoms with van der Waals surface area (Å²) in [5.74, 6) is -0.369. The van der Waals surface area contributed by atoms with Crippen LogP contribution in [0.2, 0.25) is 0 Å². The van der Waals surface area contributed by atoms with Gasteiger partial charge in [-0.1, -0.05) is 0 Å². The molecule has 0 aromatic heterocycles. The zero-order valence-corrected chi connectivity index (χ0v) is 9.63. The maximum atomic E-state index is 7.20. The van der Waals surface area contributed by atoms with Crippen LogP contribution in [0.1, 0.15) is 19.3 Å². The minimum atomic E-state index is -0.185. The molecule has 0 aromatic rings. The van der Waals surface area contributed by atoms with Gasteiger partial charge >= 0.3 is 0 Å². The van der Waals surface area contributed by atoms with E-state index in [0.29, 0.717) is 6.54 Å². The maximum absolute atomic E-state index is 7.20. The summed E-state index contributed by atoms with van der Waals surface area (Å²) in [5, 5.41) is 17.7. The van der Waals surface area contributed by atoms with Crippen LogP contribution in [0, 0.1) is 10.8 Å². The summed E-state index contributed by atoms with van der Waals surface area (Å²) in [4.78, 5) is 1.27. The number of nitrogens with two attached hydrogens (primary N) is 3. The first-order chi connectivity index (χ1) is 7.59. The van der Waals surface area contributed by atoms with Gasteiger partial charge in [0.25, 0.3) is 0 Å². The molecule has 0 unspecified atom stereocenters. The van der Waals surface area contributed by atoms with Gasteiger partial charge < -0.3 is 22.5 Å². The zero-order valence-electron chi connectivity index (χ0n) is 9.63. The Morgan fingerprint density at radius 2 is 1.56 bits per heavy atom. The van der Waals surface area contributed by atoms with E-state index < -0.39 is 0 Å². The highest BCUT2D eigenvalue weighted by Gasteiger charge is 2.08. The fraction of sp³-hybridized carbons (Fsp3) is 0.778. The topological polar surface area (TPSA) is 141 Å². The lowest BCUT2D eigenvalue weighted by molar-refractivity contribution is 0.525. The third-order valence-electron chi connectivity index (χ3n) is 2.12. The lowest BCUT2D eigenvalue weighted by Crippen LogP contribution is -2.45. The Morgan fingerprint density at radius 1 is 1.00 bits per heavy atom. The van der Waals surface area contributed by atoms with Gasteiger partial charge in [-0.2, -0.15) is 0 Å². The quantitative estimate of drug-likeness (QED) is 0.176. The van der Waals surface area contributed by atoms with Crippen molar-refractivity contribution in [3.63, 3.8) is 0 Å². The zero-order chi connectivity index (χ0) is 12.4. The van der Waals surface area contributed by atoms with E-state index >= 15 is 0 Å². The Balaban J connectivity index is 3.48. The van der Waals surface area contributed by atoms with Crippen LogP contribution in [0.4, 0.5) is 0 Å². The molecule has 0 aromatic carbocycles. The molecule has 7 heteroatoms. The van der Waals surface area contributed by atoms with Crippen LogP contribution in [-0.4, -0.2) is 43.0 Å². The van der Waals surface area contributed by atoms with E-state index in [-0.39, 0.29) is 11.9 Å². The number of guanidine groups is 2. The molecule has 16 heavy (non-hydrogen) atoms. The molecular weight excluding hydrogens is 206 g/mol. The van der Waals surface area contributed by atoms with E-state index in [1.54, 1.807) is 0 Å². The highest BCUT2D eigenvalue weighted by molar-refractivity contribution is 5.94. The predicted octanol–water partition coefficient (Wildman–Crippen LogP) is -1.21. The Bertz CT molecular complexity index is 202. The van der Waals surface area contributed by atoms with Crippen LogP contribution < -0.4 is 22.5 Å². The molecule has 0 saturated carbocycles. The minimum absolute atomic E-state index is 0.185. The van der Waals surface area contributed by atoms with Crippen molar-refractivity contribution in [3.8, 4) is 0 Å². The second-order valence-electron chi connectivity index (χ2n) is 3.52. The van der Waals surface area contributed by atoms with Gasteiger partial charge in [0.05, 0.1) is 0 Å². The van der Waals surface area contributed by atoms with Gasteiger partial charge in [-0.15, -0.1) is 0 Å². The number of nitrogens with zero attached hydrogens (tertiary/aromatic N) is 1. The number of hydrogen-bond acceptors (Lipinski definition) is 4. The molecular formula is C9H23N7. The Morgan fingerprint density at radius 3 is 2.06 bits per heavy atom. The molecule has 0 aliphatic heterocycles. The van der Waals surface area contributed by atoms with Gasteiger partial charge in [0.2, 0.25) is 0 Å². The van der Waals surface area contributed by atoms with Crippen LogP contribution in [0.3, 0.4) is 0 Å². The van der Waals surface area contributed by atoms with Crippen LogP contribution in [0.5, 0.6) is 0 Å². The van der Waals surface area contributed by atoms with Gasteiger partial charge in [0, 0.05) is 6.54 Å². The molecule has 94 valence electrons. The highest BCUT2D eigenvalue weighted by atomic mass is 15.3. The summed E-state index contributed by atoms with van der Waals surface area (Å²) < 4.78 is 0. The molecule has 0 aliphatic carbocycles. The van der Waals surface area contributed by atoms with Crippen molar-refractivity contribution in [1.82, 2.24) is 10.2 Å². The van der Waals surface area contributed by atoms with Crippen molar-refractivity contribution >= 4 is 11.9 Å². The van der Waals surface area contributed by atoms with Crippen molar-refractivity contribution in [1.29, 1.82) is 10.8 Å². The lowest BCUT2D eigenvalue weighted by Gasteiger charge is -2.20. The van der Waals surface area contributed by atoms with Crippen molar-refractivity contribution in [2.24, 2.45) is 17.2 Å².